The Balaban J connectivity index is 2.37. The first-order valence-corrected chi connectivity index (χ1v) is 8.20. The van der Waals surface area contributed by atoms with E-state index in [1.54, 1.807) is 12.0 Å². The number of nitrogens with zero attached hydrogens (tertiary/aromatic N) is 1. The van der Waals surface area contributed by atoms with Gasteiger partial charge in [0, 0.05) is 46.0 Å². The van der Waals surface area contributed by atoms with E-state index >= 15 is 0 Å². The lowest BCUT2D eigenvalue weighted by atomic mass is 10.1. The zero-order valence-electron chi connectivity index (χ0n) is 14.5. The molecular weight excluding hydrogens is 284 g/mol. The molecule has 130 valence electrons. The van der Waals surface area contributed by atoms with Gasteiger partial charge in [-0.3, -0.25) is 0 Å². The molecule has 0 aromatic heterocycles. The van der Waals surface area contributed by atoms with Gasteiger partial charge in [0.05, 0.1) is 6.61 Å². The molecule has 0 spiro atoms. The number of amides is 1. The summed E-state index contributed by atoms with van der Waals surface area (Å²) in [5.74, 6) is 0. The third kappa shape index (κ3) is 8.56. The van der Waals surface area contributed by atoms with Crippen molar-refractivity contribution in [1.29, 1.82) is 0 Å². The average Bonchev–Trinajstić information content (AvgIpc) is 2.69. The highest BCUT2D eigenvalue weighted by Gasteiger charge is 2.22. The van der Waals surface area contributed by atoms with E-state index < -0.39 is 5.60 Å². The number of carbonyl (C=O) groups excluding carboxylic acids is 1. The van der Waals surface area contributed by atoms with Crippen LogP contribution >= 0.6 is 0 Å². The maximum absolute atomic E-state index is 12.2. The predicted molar refractivity (Wildman–Crippen MR) is 86.1 cm³/mol. The summed E-state index contributed by atoms with van der Waals surface area (Å²) in [5, 5.41) is 3.52. The SMILES string of the molecule is COCCN(CCNC1CCCOCC1)C(=O)OC(C)(C)C. The molecular formula is C16H32N2O4. The molecule has 1 aliphatic rings. The second-order valence-corrected chi connectivity index (χ2v) is 6.65. The first-order chi connectivity index (χ1) is 10.4. The standard InChI is InChI=1S/C16H32N2O4/c1-16(2,3)22-15(19)18(10-13-20-4)9-8-17-14-6-5-11-21-12-7-14/h14,17H,5-13H2,1-4H3. The Morgan fingerprint density at radius 1 is 1.27 bits per heavy atom. The van der Waals surface area contributed by atoms with E-state index in [-0.39, 0.29) is 6.09 Å². The molecule has 0 aliphatic carbocycles. The van der Waals surface area contributed by atoms with E-state index in [0.29, 0.717) is 25.7 Å². The van der Waals surface area contributed by atoms with E-state index in [2.05, 4.69) is 5.32 Å². The highest BCUT2D eigenvalue weighted by Crippen LogP contribution is 2.10. The summed E-state index contributed by atoms with van der Waals surface area (Å²) in [5.41, 5.74) is -0.478. The van der Waals surface area contributed by atoms with Crippen LogP contribution in [0.2, 0.25) is 0 Å². The molecule has 1 saturated heterocycles. The van der Waals surface area contributed by atoms with Crippen molar-refractivity contribution in [2.75, 3.05) is 46.6 Å². The molecule has 1 atom stereocenters. The maximum Gasteiger partial charge on any atom is 0.410 e. The molecule has 1 fully saturated rings. The molecule has 1 aliphatic heterocycles. The van der Waals surface area contributed by atoms with E-state index in [4.69, 9.17) is 14.2 Å². The molecule has 0 bridgehead atoms. The normalized spacial score (nSPS) is 19.5. The fraction of sp³-hybridized carbons (Fsp3) is 0.938. The zero-order valence-corrected chi connectivity index (χ0v) is 14.5. The molecule has 1 amide bonds. The average molecular weight is 316 g/mol. The minimum Gasteiger partial charge on any atom is -0.444 e. The van der Waals surface area contributed by atoms with Crippen molar-refractivity contribution >= 4 is 6.09 Å². The van der Waals surface area contributed by atoms with Gasteiger partial charge < -0.3 is 24.4 Å². The van der Waals surface area contributed by atoms with Crippen LogP contribution in [-0.2, 0) is 14.2 Å². The minimum absolute atomic E-state index is 0.282. The van der Waals surface area contributed by atoms with Gasteiger partial charge in [-0.25, -0.2) is 4.79 Å². The van der Waals surface area contributed by atoms with E-state index in [9.17, 15) is 4.79 Å². The van der Waals surface area contributed by atoms with Gasteiger partial charge >= 0.3 is 6.09 Å². The lowest BCUT2D eigenvalue weighted by molar-refractivity contribution is 0.0202. The predicted octanol–water partition coefficient (Wildman–Crippen LogP) is 2.03. The maximum atomic E-state index is 12.2. The third-order valence-electron chi connectivity index (χ3n) is 3.48. The van der Waals surface area contributed by atoms with Crippen LogP contribution in [0, 0.1) is 0 Å². The molecule has 0 aromatic rings. The van der Waals surface area contributed by atoms with Crippen LogP contribution in [0.3, 0.4) is 0 Å². The first kappa shape index (κ1) is 19.2. The number of hydrogen-bond donors (Lipinski definition) is 1. The fourth-order valence-electron chi connectivity index (χ4n) is 2.33. The Morgan fingerprint density at radius 2 is 2.05 bits per heavy atom. The van der Waals surface area contributed by atoms with Crippen molar-refractivity contribution in [1.82, 2.24) is 10.2 Å². The van der Waals surface area contributed by atoms with Crippen LogP contribution in [-0.4, -0.2) is 69.2 Å². The minimum atomic E-state index is -0.478. The smallest absolute Gasteiger partial charge is 0.410 e. The molecule has 6 heteroatoms. The number of hydrogen-bond acceptors (Lipinski definition) is 5. The summed E-state index contributed by atoms with van der Waals surface area (Å²) in [6.45, 7) is 9.74. The van der Waals surface area contributed by atoms with Gasteiger partial charge in [-0.2, -0.15) is 0 Å². The molecule has 0 aromatic carbocycles. The molecule has 6 nitrogen and oxygen atoms in total. The summed E-state index contributed by atoms with van der Waals surface area (Å²) >= 11 is 0. The second-order valence-electron chi connectivity index (χ2n) is 6.65. The molecule has 0 saturated carbocycles. The van der Waals surface area contributed by atoms with Crippen LogP contribution in [0.1, 0.15) is 40.0 Å². The Kier molecular flexibility index (Phi) is 8.75. The number of methoxy groups -OCH3 is 1. The summed E-state index contributed by atoms with van der Waals surface area (Å²) in [6, 6.07) is 0.477. The first-order valence-electron chi connectivity index (χ1n) is 8.20. The van der Waals surface area contributed by atoms with Gasteiger partial charge in [0.15, 0.2) is 0 Å². The van der Waals surface area contributed by atoms with E-state index in [0.717, 1.165) is 39.0 Å². The lowest BCUT2D eigenvalue weighted by Gasteiger charge is -2.28. The van der Waals surface area contributed by atoms with Crippen molar-refractivity contribution in [2.45, 2.75) is 51.7 Å². The summed E-state index contributed by atoms with van der Waals surface area (Å²) in [6.07, 6.45) is 2.97. The second kappa shape index (κ2) is 10.0. The monoisotopic (exact) mass is 316 g/mol. The van der Waals surface area contributed by atoms with Crippen LogP contribution in [0.4, 0.5) is 4.79 Å². The third-order valence-corrected chi connectivity index (χ3v) is 3.48. The zero-order chi connectivity index (χ0) is 16.4. The lowest BCUT2D eigenvalue weighted by Crippen LogP contribution is -2.43. The number of rotatable bonds is 7. The van der Waals surface area contributed by atoms with Crippen molar-refractivity contribution in [2.24, 2.45) is 0 Å². The topological polar surface area (TPSA) is 60.0 Å². The van der Waals surface area contributed by atoms with Crippen LogP contribution < -0.4 is 5.32 Å². The van der Waals surface area contributed by atoms with Crippen LogP contribution in [0.25, 0.3) is 0 Å². The highest BCUT2D eigenvalue weighted by atomic mass is 16.6. The van der Waals surface area contributed by atoms with E-state index in [1.165, 1.54) is 0 Å². The quantitative estimate of drug-likeness (QED) is 0.779. The Bertz CT molecular complexity index is 310. The van der Waals surface area contributed by atoms with E-state index in [1.807, 2.05) is 20.8 Å². The molecule has 1 heterocycles. The molecule has 0 radical (unpaired) electrons. The number of nitrogens with one attached hydrogen (secondary N) is 1. The Labute approximate surface area is 134 Å². The summed E-state index contributed by atoms with van der Waals surface area (Å²) in [4.78, 5) is 13.9. The largest absolute Gasteiger partial charge is 0.444 e. The van der Waals surface area contributed by atoms with Gasteiger partial charge in [0.25, 0.3) is 0 Å². The number of carbonyl (C=O) groups is 1. The Morgan fingerprint density at radius 3 is 2.73 bits per heavy atom. The summed E-state index contributed by atoms with van der Waals surface area (Å²) < 4.78 is 16.0. The summed E-state index contributed by atoms with van der Waals surface area (Å²) in [7, 11) is 1.64. The fourth-order valence-corrected chi connectivity index (χ4v) is 2.33. The van der Waals surface area contributed by atoms with Crippen molar-refractivity contribution in [3.8, 4) is 0 Å². The number of ether oxygens (including phenoxy) is 3. The molecule has 1 unspecified atom stereocenters. The van der Waals surface area contributed by atoms with Gasteiger partial charge in [0.2, 0.25) is 0 Å². The van der Waals surface area contributed by atoms with Crippen LogP contribution in [0.5, 0.6) is 0 Å². The highest BCUT2D eigenvalue weighted by molar-refractivity contribution is 5.68. The van der Waals surface area contributed by atoms with Crippen molar-refractivity contribution in [3.05, 3.63) is 0 Å². The van der Waals surface area contributed by atoms with Crippen molar-refractivity contribution < 1.29 is 19.0 Å². The van der Waals surface area contributed by atoms with Gasteiger partial charge in [-0.05, 0) is 40.0 Å². The molecule has 22 heavy (non-hydrogen) atoms. The van der Waals surface area contributed by atoms with Gasteiger partial charge in [-0.1, -0.05) is 0 Å². The molecule has 1 N–H and O–H groups in total. The van der Waals surface area contributed by atoms with Gasteiger partial charge in [0.1, 0.15) is 5.60 Å². The van der Waals surface area contributed by atoms with Crippen molar-refractivity contribution in [3.63, 3.8) is 0 Å². The molecule has 1 rings (SSSR count). The Hall–Kier alpha value is -0.850. The van der Waals surface area contributed by atoms with Crippen LogP contribution in [0.15, 0.2) is 0 Å². The van der Waals surface area contributed by atoms with Gasteiger partial charge in [-0.15, -0.1) is 0 Å².